The number of hydrogen-bond acceptors (Lipinski definition) is 3. The van der Waals surface area contributed by atoms with Crippen molar-refractivity contribution in [3.05, 3.63) is 59.9 Å². The summed E-state index contributed by atoms with van der Waals surface area (Å²) in [6.45, 7) is 0.700. The largest absolute Gasteiger partial charge is 0.495 e. The molecule has 22 heavy (non-hydrogen) atoms. The first-order valence-electron chi connectivity index (χ1n) is 7.53. The lowest BCUT2D eigenvalue weighted by atomic mass is 9.96. The van der Waals surface area contributed by atoms with Crippen molar-refractivity contribution in [2.24, 2.45) is 0 Å². The number of nitrogens with zero attached hydrogens (tertiary/aromatic N) is 1. The molecule has 0 spiro atoms. The Hall–Kier alpha value is -2.36. The predicted octanol–water partition coefficient (Wildman–Crippen LogP) is 2.48. The molecule has 114 valence electrons. The lowest BCUT2D eigenvalue weighted by molar-refractivity contribution is -0.120. The summed E-state index contributed by atoms with van der Waals surface area (Å²) in [4.78, 5) is 16.3. The van der Waals surface area contributed by atoms with E-state index in [4.69, 9.17) is 4.74 Å². The third-order valence-electron chi connectivity index (χ3n) is 4.24. The average molecular weight is 296 g/mol. The van der Waals surface area contributed by atoms with Crippen LogP contribution in [0.15, 0.2) is 48.7 Å². The number of ether oxygens (including phenoxy) is 1. The van der Waals surface area contributed by atoms with Gasteiger partial charge in [-0.15, -0.1) is 0 Å². The number of nitrogens with one attached hydrogen (secondary N) is 1. The van der Waals surface area contributed by atoms with E-state index in [-0.39, 0.29) is 11.3 Å². The molecule has 4 nitrogen and oxygen atoms in total. The maximum Gasteiger partial charge on any atom is 0.226 e. The fourth-order valence-electron chi connectivity index (χ4n) is 2.64. The molecule has 4 heteroatoms. The smallest absolute Gasteiger partial charge is 0.226 e. The minimum absolute atomic E-state index is 0.0138. The lowest BCUT2D eigenvalue weighted by Gasteiger charge is -2.16. The van der Waals surface area contributed by atoms with Crippen LogP contribution in [-0.4, -0.2) is 24.5 Å². The fraction of sp³-hybridized carbons (Fsp3) is 0.333. The van der Waals surface area contributed by atoms with Crippen LogP contribution in [0.3, 0.4) is 0 Å². The molecule has 1 heterocycles. The van der Waals surface area contributed by atoms with Crippen LogP contribution in [-0.2, 0) is 16.6 Å². The predicted molar refractivity (Wildman–Crippen MR) is 84.9 cm³/mol. The van der Waals surface area contributed by atoms with Gasteiger partial charge in [0.15, 0.2) is 0 Å². The Morgan fingerprint density at radius 2 is 2.00 bits per heavy atom. The normalized spacial score (nSPS) is 15.1. The number of pyridine rings is 1. The fourth-order valence-corrected chi connectivity index (χ4v) is 2.64. The second-order valence-corrected chi connectivity index (χ2v) is 5.79. The molecule has 0 unspecified atom stereocenters. The number of carbonyl (C=O) groups excluding carboxylic acids is 1. The van der Waals surface area contributed by atoms with E-state index in [0.717, 1.165) is 18.5 Å². The molecule has 2 aromatic rings. The minimum Gasteiger partial charge on any atom is -0.495 e. The zero-order valence-electron chi connectivity index (χ0n) is 12.7. The summed E-state index contributed by atoms with van der Waals surface area (Å²) in [7, 11) is 1.60. The van der Waals surface area contributed by atoms with Crippen molar-refractivity contribution in [1.29, 1.82) is 0 Å². The number of methoxy groups -OCH3 is 1. The molecule has 1 aromatic heterocycles. The summed E-state index contributed by atoms with van der Waals surface area (Å²) in [5.41, 5.74) is 2.21. The van der Waals surface area contributed by atoms with Crippen LogP contribution < -0.4 is 10.1 Å². The number of amides is 1. The first-order valence-corrected chi connectivity index (χ1v) is 7.53. The van der Waals surface area contributed by atoms with Gasteiger partial charge in [0, 0.05) is 17.7 Å². The maximum atomic E-state index is 12.1. The van der Waals surface area contributed by atoms with Crippen LogP contribution in [0.1, 0.15) is 24.1 Å². The first kappa shape index (κ1) is 14.6. The van der Waals surface area contributed by atoms with Crippen LogP contribution in [0.4, 0.5) is 0 Å². The first-order chi connectivity index (χ1) is 10.7. The monoisotopic (exact) mass is 296 g/mol. The van der Waals surface area contributed by atoms with Crippen molar-refractivity contribution in [3.8, 4) is 5.75 Å². The zero-order valence-corrected chi connectivity index (χ0v) is 12.7. The molecular formula is C18H20N2O2. The Morgan fingerprint density at radius 3 is 2.59 bits per heavy atom. The van der Waals surface area contributed by atoms with Gasteiger partial charge in [-0.2, -0.15) is 0 Å². The van der Waals surface area contributed by atoms with E-state index in [1.807, 2.05) is 18.2 Å². The summed E-state index contributed by atoms with van der Waals surface area (Å²) >= 11 is 0. The highest BCUT2D eigenvalue weighted by Crippen LogP contribution is 2.47. The molecule has 1 amide bonds. The van der Waals surface area contributed by atoms with E-state index in [2.05, 4.69) is 34.6 Å². The quantitative estimate of drug-likeness (QED) is 0.891. The number of hydrogen-bond donors (Lipinski definition) is 1. The molecular weight excluding hydrogens is 276 g/mol. The van der Waals surface area contributed by atoms with Gasteiger partial charge >= 0.3 is 0 Å². The van der Waals surface area contributed by atoms with E-state index in [9.17, 15) is 4.79 Å². The molecule has 1 aliphatic carbocycles. The molecule has 1 aromatic carbocycles. The second-order valence-electron chi connectivity index (χ2n) is 5.79. The molecule has 0 atom stereocenters. The molecule has 0 bridgehead atoms. The molecule has 1 fully saturated rings. The Morgan fingerprint density at radius 1 is 1.23 bits per heavy atom. The molecule has 1 N–H and O–H groups in total. The van der Waals surface area contributed by atoms with E-state index >= 15 is 0 Å². The Bertz CT molecular complexity index is 634. The maximum absolute atomic E-state index is 12.1. The molecule has 1 aliphatic rings. The van der Waals surface area contributed by atoms with Crippen LogP contribution in [0.2, 0.25) is 0 Å². The number of rotatable bonds is 6. The molecule has 0 aliphatic heterocycles. The van der Waals surface area contributed by atoms with Crippen molar-refractivity contribution in [2.75, 3.05) is 13.7 Å². The Kier molecular flexibility index (Phi) is 4.09. The minimum atomic E-state index is 0.0138. The Labute approximate surface area is 130 Å². The molecule has 0 radical (unpaired) electrons. The Balaban J connectivity index is 1.54. The third-order valence-corrected chi connectivity index (χ3v) is 4.24. The highest BCUT2D eigenvalue weighted by molar-refractivity contribution is 5.78. The zero-order chi connectivity index (χ0) is 15.4. The van der Waals surface area contributed by atoms with E-state index < -0.39 is 0 Å². The SMILES string of the molecule is COc1ccc(CC(=O)NCC2(c3ccccc3)CC2)nc1. The average Bonchev–Trinajstić information content (AvgIpc) is 3.36. The van der Waals surface area contributed by atoms with Crippen molar-refractivity contribution >= 4 is 5.91 Å². The van der Waals surface area contributed by atoms with Gasteiger partial charge in [-0.25, -0.2) is 0 Å². The topological polar surface area (TPSA) is 51.2 Å². The van der Waals surface area contributed by atoms with Gasteiger partial charge in [-0.05, 0) is 30.5 Å². The van der Waals surface area contributed by atoms with Crippen LogP contribution >= 0.6 is 0 Å². The van der Waals surface area contributed by atoms with Gasteiger partial charge in [0.05, 0.1) is 19.7 Å². The highest BCUT2D eigenvalue weighted by Gasteiger charge is 2.44. The van der Waals surface area contributed by atoms with Gasteiger partial charge in [-0.3, -0.25) is 9.78 Å². The number of benzene rings is 1. The molecule has 3 rings (SSSR count). The number of aromatic nitrogens is 1. The van der Waals surface area contributed by atoms with Crippen LogP contribution in [0.5, 0.6) is 5.75 Å². The summed E-state index contributed by atoms with van der Waals surface area (Å²) in [6, 6.07) is 14.1. The van der Waals surface area contributed by atoms with Crippen molar-refractivity contribution in [2.45, 2.75) is 24.7 Å². The van der Waals surface area contributed by atoms with Gasteiger partial charge < -0.3 is 10.1 Å². The van der Waals surface area contributed by atoms with Crippen molar-refractivity contribution < 1.29 is 9.53 Å². The summed E-state index contributed by atoms with van der Waals surface area (Å²) in [5.74, 6) is 0.713. The standard InChI is InChI=1S/C18H20N2O2/c1-22-16-8-7-15(19-12-16)11-17(21)20-13-18(9-10-18)14-5-3-2-4-6-14/h2-8,12H,9-11,13H2,1H3,(H,20,21). The molecule has 1 saturated carbocycles. The third kappa shape index (κ3) is 3.27. The molecule has 0 saturated heterocycles. The van der Waals surface area contributed by atoms with Crippen LogP contribution in [0, 0.1) is 0 Å². The number of carbonyl (C=O) groups is 1. The van der Waals surface area contributed by atoms with E-state index in [1.54, 1.807) is 13.3 Å². The summed E-state index contributed by atoms with van der Waals surface area (Å²) in [5, 5.41) is 3.05. The summed E-state index contributed by atoms with van der Waals surface area (Å²) < 4.78 is 5.06. The van der Waals surface area contributed by atoms with Gasteiger partial charge in [0.25, 0.3) is 0 Å². The van der Waals surface area contributed by atoms with Crippen molar-refractivity contribution in [1.82, 2.24) is 10.3 Å². The van der Waals surface area contributed by atoms with Gasteiger partial charge in [0.2, 0.25) is 5.91 Å². The van der Waals surface area contributed by atoms with E-state index in [0.29, 0.717) is 18.7 Å². The van der Waals surface area contributed by atoms with Crippen LogP contribution in [0.25, 0.3) is 0 Å². The van der Waals surface area contributed by atoms with E-state index in [1.165, 1.54) is 5.56 Å². The second kappa shape index (κ2) is 6.18. The lowest BCUT2D eigenvalue weighted by Crippen LogP contribution is -2.33. The summed E-state index contributed by atoms with van der Waals surface area (Å²) in [6.07, 6.45) is 4.21. The van der Waals surface area contributed by atoms with Crippen molar-refractivity contribution in [3.63, 3.8) is 0 Å². The van der Waals surface area contributed by atoms with Gasteiger partial charge in [-0.1, -0.05) is 30.3 Å². The highest BCUT2D eigenvalue weighted by atomic mass is 16.5. The van der Waals surface area contributed by atoms with Gasteiger partial charge in [0.1, 0.15) is 5.75 Å².